The van der Waals surface area contributed by atoms with Gasteiger partial charge in [0.1, 0.15) is 5.75 Å². The van der Waals surface area contributed by atoms with Gasteiger partial charge in [-0.05, 0) is 59.9 Å². The van der Waals surface area contributed by atoms with E-state index in [0.717, 1.165) is 33.0 Å². The molecule has 0 aliphatic rings. The normalized spacial score (nSPS) is 12.1. The molecule has 1 unspecified atom stereocenters. The second-order valence-electron chi connectivity index (χ2n) is 6.49. The van der Waals surface area contributed by atoms with E-state index in [1.54, 1.807) is 0 Å². The van der Waals surface area contributed by atoms with Crippen molar-refractivity contribution in [2.45, 2.75) is 33.3 Å². The molecular formula is C22H22O3. The molecule has 0 aromatic heterocycles. The predicted molar refractivity (Wildman–Crippen MR) is 100 cm³/mol. The van der Waals surface area contributed by atoms with Crippen LogP contribution in [-0.4, -0.2) is 17.2 Å². The van der Waals surface area contributed by atoms with Gasteiger partial charge in [0.05, 0.1) is 0 Å². The van der Waals surface area contributed by atoms with E-state index in [1.807, 2.05) is 69.3 Å². The van der Waals surface area contributed by atoms with Gasteiger partial charge < -0.3 is 9.84 Å². The number of ether oxygens (including phenoxy) is 1. The Morgan fingerprint density at radius 2 is 1.76 bits per heavy atom. The van der Waals surface area contributed by atoms with Crippen molar-refractivity contribution in [3.8, 4) is 5.75 Å². The van der Waals surface area contributed by atoms with Crippen LogP contribution >= 0.6 is 0 Å². The Kier molecular flexibility index (Phi) is 4.75. The zero-order chi connectivity index (χ0) is 18.0. The fourth-order valence-electron chi connectivity index (χ4n) is 3.13. The zero-order valence-electron chi connectivity index (χ0n) is 14.7. The van der Waals surface area contributed by atoms with Crippen molar-refractivity contribution in [1.29, 1.82) is 0 Å². The summed E-state index contributed by atoms with van der Waals surface area (Å²) in [5, 5.41) is 11.8. The summed E-state index contributed by atoms with van der Waals surface area (Å²) in [5.74, 6) is -0.309. The van der Waals surface area contributed by atoms with Crippen LogP contribution in [-0.2, 0) is 11.2 Å². The molecule has 3 rings (SSSR count). The van der Waals surface area contributed by atoms with E-state index in [-0.39, 0.29) is 0 Å². The lowest BCUT2D eigenvalue weighted by Gasteiger charge is -2.19. The SMILES string of the molecule is Cc1cc(C)c(C)c(OC(Cc2cccc3ccccc23)C(=O)O)c1. The van der Waals surface area contributed by atoms with Crippen molar-refractivity contribution in [1.82, 2.24) is 0 Å². The topological polar surface area (TPSA) is 46.5 Å². The monoisotopic (exact) mass is 334 g/mol. The maximum atomic E-state index is 11.8. The molecule has 1 atom stereocenters. The third-order valence-electron chi connectivity index (χ3n) is 4.59. The standard InChI is InChI=1S/C22H22O3/c1-14-11-15(2)16(3)20(12-14)25-21(22(23)24)13-18-9-6-8-17-7-4-5-10-19(17)18/h4-12,21H,13H2,1-3H3,(H,23,24). The van der Waals surface area contributed by atoms with Crippen molar-refractivity contribution in [3.63, 3.8) is 0 Å². The molecule has 0 aliphatic heterocycles. The first-order valence-corrected chi connectivity index (χ1v) is 8.39. The first-order valence-electron chi connectivity index (χ1n) is 8.39. The van der Waals surface area contributed by atoms with Crippen LogP contribution < -0.4 is 4.74 Å². The lowest BCUT2D eigenvalue weighted by molar-refractivity contribution is -0.145. The fourth-order valence-corrected chi connectivity index (χ4v) is 3.13. The van der Waals surface area contributed by atoms with Crippen LogP contribution in [0.25, 0.3) is 10.8 Å². The van der Waals surface area contributed by atoms with Gasteiger partial charge in [-0.1, -0.05) is 48.5 Å². The summed E-state index contributed by atoms with van der Waals surface area (Å²) >= 11 is 0. The minimum absolute atomic E-state index is 0.323. The van der Waals surface area contributed by atoms with Gasteiger partial charge >= 0.3 is 5.97 Å². The number of hydrogen-bond acceptors (Lipinski definition) is 2. The molecule has 0 radical (unpaired) electrons. The summed E-state index contributed by atoms with van der Waals surface area (Å²) in [5.41, 5.74) is 4.12. The average Bonchev–Trinajstić information content (AvgIpc) is 2.58. The largest absolute Gasteiger partial charge is 0.478 e. The van der Waals surface area contributed by atoms with Crippen molar-refractivity contribution in [2.75, 3.05) is 0 Å². The maximum Gasteiger partial charge on any atom is 0.345 e. The number of hydrogen-bond donors (Lipinski definition) is 1. The third kappa shape index (κ3) is 3.66. The van der Waals surface area contributed by atoms with E-state index in [0.29, 0.717) is 12.2 Å². The number of benzene rings is 3. The molecule has 128 valence electrons. The summed E-state index contributed by atoms with van der Waals surface area (Å²) in [4.78, 5) is 11.8. The number of fused-ring (bicyclic) bond motifs is 1. The summed E-state index contributed by atoms with van der Waals surface area (Å²) in [6.07, 6.45) is -0.603. The van der Waals surface area contributed by atoms with Gasteiger partial charge in [-0.25, -0.2) is 4.79 Å². The highest BCUT2D eigenvalue weighted by molar-refractivity contribution is 5.86. The highest BCUT2D eigenvalue weighted by atomic mass is 16.5. The highest BCUT2D eigenvalue weighted by Gasteiger charge is 2.22. The Hall–Kier alpha value is -2.81. The molecule has 3 heteroatoms. The molecule has 25 heavy (non-hydrogen) atoms. The number of aliphatic carboxylic acids is 1. The summed E-state index contributed by atoms with van der Waals surface area (Å²) in [6, 6.07) is 17.9. The molecule has 0 amide bonds. The Balaban J connectivity index is 1.94. The molecule has 3 aromatic rings. The molecule has 0 spiro atoms. The smallest absolute Gasteiger partial charge is 0.345 e. The summed E-state index contributed by atoms with van der Waals surface area (Å²) in [7, 11) is 0. The quantitative estimate of drug-likeness (QED) is 0.726. The number of aryl methyl sites for hydroxylation is 2. The minimum atomic E-state index is -0.952. The van der Waals surface area contributed by atoms with Crippen LogP contribution in [0.2, 0.25) is 0 Å². The molecule has 1 N–H and O–H groups in total. The van der Waals surface area contributed by atoms with Gasteiger partial charge in [0.2, 0.25) is 0 Å². The Bertz CT molecular complexity index is 922. The van der Waals surface area contributed by atoms with Crippen LogP contribution in [0.5, 0.6) is 5.75 Å². The van der Waals surface area contributed by atoms with Crippen LogP contribution in [0.15, 0.2) is 54.6 Å². The van der Waals surface area contributed by atoms with Crippen LogP contribution in [0.4, 0.5) is 0 Å². The van der Waals surface area contributed by atoms with E-state index >= 15 is 0 Å². The molecular weight excluding hydrogens is 312 g/mol. The van der Waals surface area contributed by atoms with Gasteiger partial charge in [-0.15, -0.1) is 0 Å². The molecule has 3 nitrogen and oxygen atoms in total. The van der Waals surface area contributed by atoms with Gasteiger partial charge in [0, 0.05) is 6.42 Å². The lowest BCUT2D eigenvalue weighted by Crippen LogP contribution is -2.29. The molecule has 3 aromatic carbocycles. The molecule has 0 bridgehead atoms. The number of carboxylic acid groups (broad SMARTS) is 1. The van der Waals surface area contributed by atoms with E-state index < -0.39 is 12.1 Å². The van der Waals surface area contributed by atoms with Crippen molar-refractivity contribution in [2.24, 2.45) is 0 Å². The molecule has 0 aliphatic carbocycles. The molecule has 0 heterocycles. The van der Waals surface area contributed by atoms with Crippen LogP contribution in [0.1, 0.15) is 22.3 Å². The minimum Gasteiger partial charge on any atom is -0.478 e. The van der Waals surface area contributed by atoms with E-state index in [9.17, 15) is 9.90 Å². The van der Waals surface area contributed by atoms with Crippen LogP contribution in [0.3, 0.4) is 0 Å². The zero-order valence-corrected chi connectivity index (χ0v) is 14.7. The maximum absolute atomic E-state index is 11.8. The molecule has 0 saturated heterocycles. The van der Waals surface area contributed by atoms with E-state index in [1.165, 1.54) is 0 Å². The number of carbonyl (C=O) groups is 1. The van der Waals surface area contributed by atoms with E-state index in [4.69, 9.17) is 4.74 Å². The molecule has 0 fully saturated rings. The second-order valence-corrected chi connectivity index (χ2v) is 6.49. The van der Waals surface area contributed by atoms with Gasteiger partial charge in [-0.3, -0.25) is 0 Å². The second kappa shape index (κ2) is 6.98. The fraction of sp³-hybridized carbons (Fsp3) is 0.227. The average molecular weight is 334 g/mol. The Morgan fingerprint density at radius 1 is 1.04 bits per heavy atom. The van der Waals surface area contributed by atoms with Gasteiger partial charge in [0.25, 0.3) is 0 Å². The Morgan fingerprint density at radius 3 is 2.52 bits per heavy atom. The predicted octanol–water partition coefficient (Wildman–Crippen LogP) is 4.84. The van der Waals surface area contributed by atoms with E-state index in [2.05, 4.69) is 6.07 Å². The molecule has 0 saturated carbocycles. The highest BCUT2D eigenvalue weighted by Crippen LogP contribution is 2.26. The Labute approximate surface area is 147 Å². The van der Waals surface area contributed by atoms with Gasteiger partial charge in [0.15, 0.2) is 6.10 Å². The number of carboxylic acids is 1. The lowest BCUT2D eigenvalue weighted by atomic mass is 9.99. The van der Waals surface area contributed by atoms with Gasteiger partial charge in [-0.2, -0.15) is 0 Å². The van der Waals surface area contributed by atoms with Crippen molar-refractivity contribution < 1.29 is 14.6 Å². The number of rotatable bonds is 5. The first kappa shape index (κ1) is 17.0. The summed E-state index contributed by atoms with van der Waals surface area (Å²) < 4.78 is 5.92. The first-order chi connectivity index (χ1) is 12.0. The van der Waals surface area contributed by atoms with Crippen molar-refractivity contribution in [3.05, 3.63) is 76.9 Å². The summed E-state index contributed by atoms with van der Waals surface area (Å²) in [6.45, 7) is 5.95. The third-order valence-corrected chi connectivity index (χ3v) is 4.59. The van der Waals surface area contributed by atoms with Crippen LogP contribution in [0, 0.1) is 20.8 Å². The van der Waals surface area contributed by atoms with Crippen molar-refractivity contribution >= 4 is 16.7 Å².